The van der Waals surface area contributed by atoms with Crippen LogP contribution in [0.1, 0.15) is 12.1 Å². The molecule has 3 N–H and O–H groups in total. The third-order valence-electron chi connectivity index (χ3n) is 2.69. The molecule has 5 nitrogen and oxygen atoms in total. The van der Waals surface area contributed by atoms with E-state index in [0.717, 1.165) is 11.4 Å². The summed E-state index contributed by atoms with van der Waals surface area (Å²) in [4.78, 5) is 17.7. The second-order valence-corrected chi connectivity index (χ2v) is 3.85. The van der Waals surface area contributed by atoms with E-state index < -0.39 is 6.04 Å². The fraction of sp³-hybridized carbons (Fsp3) is 0.455. The van der Waals surface area contributed by atoms with Crippen LogP contribution in [0.2, 0.25) is 0 Å². The van der Waals surface area contributed by atoms with Crippen LogP contribution in [0.25, 0.3) is 0 Å². The van der Waals surface area contributed by atoms with Gasteiger partial charge in [-0.1, -0.05) is 0 Å². The van der Waals surface area contributed by atoms with E-state index in [1.807, 2.05) is 6.07 Å². The highest BCUT2D eigenvalue weighted by Crippen LogP contribution is 2.25. The van der Waals surface area contributed by atoms with Crippen molar-refractivity contribution >= 4 is 36.4 Å². The summed E-state index contributed by atoms with van der Waals surface area (Å²) in [6.45, 7) is 0.552. The summed E-state index contributed by atoms with van der Waals surface area (Å²) in [5.41, 5.74) is 7.44. The second kappa shape index (κ2) is 7.53. The van der Waals surface area contributed by atoms with E-state index >= 15 is 0 Å². The number of rotatable bonds is 3. The Kier molecular flexibility index (Phi) is 7.16. The lowest BCUT2D eigenvalue weighted by Gasteiger charge is -2.31. The fourth-order valence-corrected chi connectivity index (χ4v) is 1.91. The molecule has 1 amide bonds. The first-order valence-electron chi connectivity index (χ1n) is 5.35. The number of pyridine rings is 1. The summed E-state index contributed by atoms with van der Waals surface area (Å²) in [6.07, 6.45) is 2.74. The minimum atomic E-state index is -0.513. The quantitative estimate of drug-likeness (QED) is 0.852. The summed E-state index contributed by atoms with van der Waals surface area (Å²) in [7, 11) is 0. The standard InChI is InChI=1S/C11H15N3O2.2ClH/c12-8-7-9-10(3-1-4-13-9)14(11(8)16)5-2-6-15;;/h1,3-4,8,15H,2,5-7,12H2;2*1H. The molecule has 0 bridgehead atoms. The number of aliphatic hydroxyl groups excluding tert-OH is 1. The molecule has 1 atom stereocenters. The molecular weight excluding hydrogens is 277 g/mol. The topological polar surface area (TPSA) is 79.4 Å². The number of aromatic nitrogens is 1. The van der Waals surface area contributed by atoms with Gasteiger partial charge in [0, 0.05) is 25.8 Å². The Bertz CT molecular complexity index is 404. The molecule has 0 saturated heterocycles. The third kappa shape index (κ3) is 3.32. The maximum atomic E-state index is 11.9. The van der Waals surface area contributed by atoms with Crippen molar-refractivity contribution in [3.63, 3.8) is 0 Å². The Balaban J connectivity index is 0.00000144. The fourth-order valence-electron chi connectivity index (χ4n) is 1.91. The van der Waals surface area contributed by atoms with Crippen LogP contribution < -0.4 is 10.6 Å². The number of fused-ring (bicyclic) bond motifs is 1. The number of aliphatic hydroxyl groups is 1. The summed E-state index contributed by atoms with van der Waals surface area (Å²) < 4.78 is 0. The molecule has 7 heteroatoms. The Hall–Kier alpha value is -0.880. The molecule has 102 valence electrons. The Morgan fingerprint density at radius 2 is 2.22 bits per heavy atom. The van der Waals surface area contributed by atoms with Gasteiger partial charge in [-0.25, -0.2) is 0 Å². The largest absolute Gasteiger partial charge is 0.396 e. The van der Waals surface area contributed by atoms with Gasteiger partial charge in [-0.05, 0) is 18.6 Å². The molecule has 0 aliphatic carbocycles. The molecule has 1 aromatic rings. The summed E-state index contributed by atoms with van der Waals surface area (Å²) in [6, 6.07) is 3.15. The number of hydrogen-bond donors (Lipinski definition) is 2. The lowest BCUT2D eigenvalue weighted by Crippen LogP contribution is -2.49. The molecule has 18 heavy (non-hydrogen) atoms. The van der Waals surface area contributed by atoms with Crippen molar-refractivity contribution in [3.8, 4) is 0 Å². The van der Waals surface area contributed by atoms with Gasteiger partial charge in [0.2, 0.25) is 5.91 Å². The maximum Gasteiger partial charge on any atom is 0.244 e. The Morgan fingerprint density at radius 3 is 2.89 bits per heavy atom. The normalized spacial score (nSPS) is 17.6. The lowest BCUT2D eigenvalue weighted by atomic mass is 10.0. The van der Waals surface area contributed by atoms with Crippen molar-refractivity contribution in [2.24, 2.45) is 5.73 Å². The van der Waals surface area contributed by atoms with Crippen LogP contribution >= 0.6 is 24.8 Å². The van der Waals surface area contributed by atoms with E-state index in [-0.39, 0.29) is 37.3 Å². The summed E-state index contributed by atoms with van der Waals surface area (Å²) >= 11 is 0. The minimum Gasteiger partial charge on any atom is -0.396 e. The highest BCUT2D eigenvalue weighted by atomic mass is 35.5. The van der Waals surface area contributed by atoms with E-state index in [1.165, 1.54) is 0 Å². The van der Waals surface area contributed by atoms with Crippen molar-refractivity contribution in [2.75, 3.05) is 18.1 Å². The molecule has 0 fully saturated rings. The Labute approximate surface area is 118 Å². The minimum absolute atomic E-state index is 0. The molecular formula is C11H17Cl2N3O2. The van der Waals surface area contributed by atoms with Crippen LogP contribution in [0, 0.1) is 0 Å². The van der Waals surface area contributed by atoms with Crippen LogP contribution in [0.3, 0.4) is 0 Å². The van der Waals surface area contributed by atoms with Crippen LogP contribution in [0.5, 0.6) is 0 Å². The van der Waals surface area contributed by atoms with Gasteiger partial charge in [0.05, 0.1) is 17.4 Å². The van der Waals surface area contributed by atoms with Crippen LogP contribution in [0.15, 0.2) is 18.3 Å². The average Bonchev–Trinajstić information content (AvgIpc) is 2.30. The number of carbonyl (C=O) groups excluding carboxylic acids is 1. The number of nitrogens with zero attached hydrogens (tertiary/aromatic N) is 2. The van der Waals surface area contributed by atoms with Gasteiger partial charge >= 0.3 is 0 Å². The molecule has 1 aliphatic rings. The molecule has 0 radical (unpaired) electrons. The van der Waals surface area contributed by atoms with Crippen LogP contribution in [-0.4, -0.2) is 35.2 Å². The number of nitrogens with two attached hydrogens (primary N) is 1. The van der Waals surface area contributed by atoms with Crippen LogP contribution in [-0.2, 0) is 11.2 Å². The zero-order valence-electron chi connectivity index (χ0n) is 9.78. The third-order valence-corrected chi connectivity index (χ3v) is 2.69. The van der Waals surface area contributed by atoms with Gasteiger partial charge < -0.3 is 15.7 Å². The summed E-state index contributed by atoms with van der Waals surface area (Å²) in [5.74, 6) is -0.0889. The highest BCUT2D eigenvalue weighted by Gasteiger charge is 2.30. The van der Waals surface area contributed by atoms with E-state index in [4.69, 9.17) is 10.8 Å². The van der Waals surface area contributed by atoms with E-state index in [1.54, 1.807) is 17.2 Å². The first-order chi connectivity index (χ1) is 7.74. The average molecular weight is 294 g/mol. The molecule has 1 aliphatic heterocycles. The van der Waals surface area contributed by atoms with E-state index in [0.29, 0.717) is 19.4 Å². The second-order valence-electron chi connectivity index (χ2n) is 3.85. The van der Waals surface area contributed by atoms with Crippen molar-refractivity contribution in [1.29, 1.82) is 0 Å². The van der Waals surface area contributed by atoms with E-state index in [9.17, 15) is 4.79 Å². The summed E-state index contributed by atoms with van der Waals surface area (Å²) in [5, 5.41) is 8.81. The number of anilines is 1. The molecule has 0 saturated carbocycles. The molecule has 0 spiro atoms. The van der Waals surface area contributed by atoms with Crippen molar-refractivity contribution in [1.82, 2.24) is 4.98 Å². The number of hydrogen-bond acceptors (Lipinski definition) is 4. The van der Waals surface area contributed by atoms with Gasteiger partial charge in [-0.3, -0.25) is 9.78 Å². The highest BCUT2D eigenvalue weighted by molar-refractivity contribution is 5.99. The lowest BCUT2D eigenvalue weighted by molar-refractivity contribution is -0.120. The number of halogens is 2. The maximum absolute atomic E-state index is 11.9. The Morgan fingerprint density at radius 1 is 1.50 bits per heavy atom. The predicted molar refractivity (Wildman–Crippen MR) is 74.5 cm³/mol. The SMILES string of the molecule is Cl.Cl.NC1Cc2ncccc2N(CCCO)C1=O. The van der Waals surface area contributed by atoms with Crippen molar-refractivity contribution < 1.29 is 9.90 Å². The van der Waals surface area contributed by atoms with Gasteiger partial charge in [0.15, 0.2) is 0 Å². The molecule has 0 aromatic carbocycles. The zero-order chi connectivity index (χ0) is 11.5. The molecule has 1 unspecified atom stereocenters. The molecule has 2 heterocycles. The smallest absolute Gasteiger partial charge is 0.244 e. The number of carbonyl (C=O) groups is 1. The first-order valence-corrected chi connectivity index (χ1v) is 5.35. The molecule has 2 rings (SSSR count). The zero-order valence-corrected chi connectivity index (χ0v) is 11.4. The van der Waals surface area contributed by atoms with Gasteiger partial charge in [0.25, 0.3) is 0 Å². The van der Waals surface area contributed by atoms with E-state index in [2.05, 4.69) is 4.98 Å². The van der Waals surface area contributed by atoms with Crippen LogP contribution in [0.4, 0.5) is 5.69 Å². The van der Waals surface area contributed by atoms with Gasteiger partial charge in [-0.15, -0.1) is 24.8 Å². The van der Waals surface area contributed by atoms with Crippen molar-refractivity contribution in [3.05, 3.63) is 24.0 Å². The van der Waals surface area contributed by atoms with Crippen molar-refractivity contribution in [2.45, 2.75) is 18.9 Å². The monoisotopic (exact) mass is 293 g/mol. The number of amides is 1. The predicted octanol–water partition coefficient (Wildman–Crippen LogP) is 0.524. The molecule has 1 aromatic heterocycles. The van der Waals surface area contributed by atoms with Gasteiger partial charge in [0.1, 0.15) is 0 Å². The first kappa shape index (κ1) is 17.1. The van der Waals surface area contributed by atoms with Gasteiger partial charge in [-0.2, -0.15) is 0 Å².